The largest absolute Gasteiger partial charge is 0.497 e. The van der Waals surface area contributed by atoms with Crippen LogP contribution < -0.4 is 9.47 Å². The fraction of sp³-hybridized carbons (Fsp3) is 0.250. The van der Waals surface area contributed by atoms with Crippen LogP contribution in [-0.4, -0.2) is 29.3 Å². The van der Waals surface area contributed by atoms with E-state index in [4.69, 9.17) is 26.2 Å². The van der Waals surface area contributed by atoms with Crippen molar-refractivity contribution in [3.8, 4) is 22.9 Å². The third-order valence-electron chi connectivity index (χ3n) is 2.51. The first kappa shape index (κ1) is 12.7. The molecule has 0 unspecified atom stereocenters. The zero-order valence-electron chi connectivity index (χ0n) is 10.0. The van der Waals surface area contributed by atoms with E-state index in [2.05, 4.69) is 9.97 Å². The standard InChI is InChI=1S/C12H13ClN2O3/c1-17-8-3-7(4-9(5-8)18-2)12-14-10(6-16)11(13)15-12/h3-5,16H,6H2,1-2H3,(H,14,15). The van der Waals surface area contributed by atoms with Gasteiger partial charge in [-0.25, -0.2) is 4.98 Å². The average Bonchev–Trinajstić information content (AvgIpc) is 2.79. The monoisotopic (exact) mass is 268 g/mol. The van der Waals surface area contributed by atoms with Crippen molar-refractivity contribution in [3.05, 3.63) is 29.0 Å². The summed E-state index contributed by atoms with van der Waals surface area (Å²) in [6.45, 7) is -0.188. The van der Waals surface area contributed by atoms with E-state index in [1.807, 2.05) is 0 Å². The van der Waals surface area contributed by atoms with Crippen molar-refractivity contribution >= 4 is 11.6 Å². The number of H-pyrrole nitrogens is 1. The molecule has 96 valence electrons. The molecule has 18 heavy (non-hydrogen) atoms. The van der Waals surface area contributed by atoms with Gasteiger partial charge in [-0.2, -0.15) is 0 Å². The van der Waals surface area contributed by atoms with Gasteiger partial charge < -0.3 is 19.6 Å². The van der Waals surface area contributed by atoms with Crippen LogP contribution >= 0.6 is 11.6 Å². The van der Waals surface area contributed by atoms with E-state index >= 15 is 0 Å². The summed E-state index contributed by atoms with van der Waals surface area (Å²) in [5.41, 5.74) is 1.25. The van der Waals surface area contributed by atoms with Crippen LogP contribution in [0.5, 0.6) is 11.5 Å². The van der Waals surface area contributed by atoms with E-state index in [1.165, 1.54) is 0 Å². The zero-order chi connectivity index (χ0) is 13.1. The first-order valence-electron chi connectivity index (χ1n) is 5.26. The van der Waals surface area contributed by atoms with Crippen LogP contribution in [0.25, 0.3) is 11.4 Å². The number of benzene rings is 1. The van der Waals surface area contributed by atoms with Gasteiger partial charge in [-0.1, -0.05) is 11.6 Å². The topological polar surface area (TPSA) is 67.4 Å². The molecule has 1 aromatic heterocycles. The molecule has 6 heteroatoms. The summed E-state index contributed by atoms with van der Waals surface area (Å²) in [6.07, 6.45) is 0. The van der Waals surface area contributed by atoms with E-state index in [1.54, 1.807) is 32.4 Å². The Morgan fingerprint density at radius 2 is 1.83 bits per heavy atom. The summed E-state index contributed by atoms with van der Waals surface area (Å²) in [5.74, 6) is 1.87. The van der Waals surface area contributed by atoms with Crippen molar-refractivity contribution in [1.29, 1.82) is 0 Å². The lowest BCUT2D eigenvalue weighted by atomic mass is 10.2. The number of hydrogen-bond donors (Lipinski definition) is 2. The van der Waals surface area contributed by atoms with Gasteiger partial charge in [0, 0.05) is 11.6 Å². The van der Waals surface area contributed by atoms with Crippen LogP contribution in [0.2, 0.25) is 5.15 Å². The SMILES string of the molecule is COc1cc(OC)cc(-c2nc(Cl)c(CO)[nH]2)c1. The molecule has 0 amide bonds. The highest BCUT2D eigenvalue weighted by Crippen LogP contribution is 2.29. The van der Waals surface area contributed by atoms with Crippen molar-refractivity contribution in [2.75, 3.05) is 14.2 Å². The maximum atomic E-state index is 9.08. The molecule has 0 aliphatic rings. The van der Waals surface area contributed by atoms with Gasteiger partial charge in [0.15, 0.2) is 5.15 Å². The van der Waals surface area contributed by atoms with Gasteiger partial charge in [-0.3, -0.25) is 0 Å². The van der Waals surface area contributed by atoms with Gasteiger partial charge in [-0.15, -0.1) is 0 Å². The number of aromatic nitrogens is 2. The number of halogens is 1. The van der Waals surface area contributed by atoms with Crippen LogP contribution in [0, 0.1) is 0 Å². The molecule has 0 radical (unpaired) electrons. The summed E-state index contributed by atoms with van der Waals surface area (Å²) in [7, 11) is 3.15. The number of hydrogen-bond acceptors (Lipinski definition) is 4. The Bertz CT molecular complexity index is 532. The van der Waals surface area contributed by atoms with Crippen molar-refractivity contribution in [2.45, 2.75) is 6.61 Å². The Labute approximate surface area is 109 Å². The Kier molecular flexibility index (Phi) is 3.74. The molecule has 2 aromatic rings. The molecule has 1 heterocycles. The highest BCUT2D eigenvalue weighted by atomic mass is 35.5. The molecule has 0 atom stereocenters. The van der Waals surface area contributed by atoms with Gasteiger partial charge >= 0.3 is 0 Å². The van der Waals surface area contributed by atoms with Crippen LogP contribution in [0.1, 0.15) is 5.69 Å². The minimum Gasteiger partial charge on any atom is -0.497 e. The first-order valence-corrected chi connectivity index (χ1v) is 5.64. The molecule has 0 saturated heterocycles. The maximum absolute atomic E-state index is 9.08. The van der Waals surface area contributed by atoms with Crippen molar-refractivity contribution < 1.29 is 14.6 Å². The first-order chi connectivity index (χ1) is 8.67. The van der Waals surface area contributed by atoms with Crippen LogP contribution in [0.3, 0.4) is 0 Å². The molecule has 2 rings (SSSR count). The summed E-state index contributed by atoms with van der Waals surface area (Å²) in [6, 6.07) is 5.37. The third kappa shape index (κ3) is 2.42. The molecular formula is C12H13ClN2O3. The Hall–Kier alpha value is -1.72. The van der Waals surface area contributed by atoms with Crippen molar-refractivity contribution in [3.63, 3.8) is 0 Å². The molecule has 2 N–H and O–H groups in total. The highest BCUT2D eigenvalue weighted by molar-refractivity contribution is 6.30. The lowest BCUT2D eigenvalue weighted by Crippen LogP contribution is -1.90. The second kappa shape index (κ2) is 5.29. The number of ether oxygens (including phenoxy) is 2. The van der Waals surface area contributed by atoms with Crippen LogP contribution in [0.15, 0.2) is 18.2 Å². The van der Waals surface area contributed by atoms with Crippen LogP contribution in [0.4, 0.5) is 0 Å². The number of aliphatic hydroxyl groups excluding tert-OH is 1. The normalized spacial score (nSPS) is 10.4. The predicted molar refractivity (Wildman–Crippen MR) is 68.1 cm³/mol. The molecule has 5 nitrogen and oxygen atoms in total. The summed E-state index contributed by atoms with van der Waals surface area (Å²) in [5, 5.41) is 9.33. The number of methoxy groups -OCH3 is 2. The maximum Gasteiger partial charge on any atom is 0.153 e. The lowest BCUT2D eigenvalue weighted by Gasteiger charge is -2.06. The summed E-state index contributed by atoms with van der Waals surface area (Å²) >= 11 is 5.88. The van der Waals surface area contributed by atoms with Gasteiger partial charge in [0.1, 0.15) is 17.3 Å². The molecule has 0 bridgehead atoms. The summed E-state index contributed by atoms with van der Waals surface area (Å²) < 4.78 is 10.4. The Morgan fingerprint density at radius 3 is 2.28 bits per heavy atom. The minimum atomic E-state index is -0.188. The van der Waals surface area contributed by atoms with Crippen molar-refractivity contribution in [2.24, 2.45) is 0 Å². The predicted octanol–water partition coefficient (Wildman–Crippen LogP) is 2.24. The molecule has 0 spiro atoms. The number of aliphatic hydroxyl groups is 1. The molecule has 1 aromatic carbocycles. The number of rotatable bonds is 4. The Balaban J connectivity index is 2.48. The summed E-state index contributed by atoms with van der Waals surface area (Å²) in [4.78, 5) is 7.09. The molecule has 0 fully saturated rings. The second-order valence-electron chi connectivity index (χ2n) is 3.61. The van der Waals surface area contributed by atoms with E-state index in [0.29, 0.717) is 23.0 Å². The van der Waals surface area contributed by atoms with Gasteiger partial charge in [0.25, 0.3) is 0 Å². The van der Waals surface area contributed by atoms with Crippen LogP contribution in [-0.2, 0) is 6.61 Å². The zero-order valence-corrected chi connectivity index (χ0v) is 10.8. The molecule has 0 saturated carbocycles. The number of imidazole rings is 1. The molecule has 0 aliphatic heterocycles. The van der Waals surface area contributed by atoms with E-state index in [-0.39, 0.29) is 11.8 Å². The molecule has 0 aliphatic carbocycles. The van der Waals surface area contributed by atoms with E-state index in [9.17, 15) is 0 Å². The van der Waals surface area contributed by atoms with Gasteiger partial charge in [0.05, 0.1) is 26.5 Å². The fourth-order valence-corrected chi connectivity index (χ4v) is 1.77. The quantitative estimate of drug-likeness (QED) is 0.892. The lowest BCUT2D eigenvalue weighted by molar-refractivity contribution is 0.277. The van der Waals surface area contributed by atoms with Gasteiger partial charge in [0.2, 0.25) is 0 Å². The van der Waals surface area contributed by atoms with Gasteiger partial charge in [-0.05, 0) is 12.1 Å². The van der Waals surface area contributed by atoms with E-state index < -0.39 is 0 Å². The highest BCUT2D eigenvalue weighted by Gasteiger charge is 2.11. The second-order valence-corrected chi connectivity index (χ2v) is 3.97. The Morgan fingerprint density at radius 1 is 1.22 bits per heavy atom. The average molecular weight is 269 g/mol. The number of nitrogens with one attached hydrogen (secondary N) is 1. The minimum absolute atomic E-state index is 0.188. The smallest absolute Gasteiger partial charge is 0.153 e. The number of nitrogens with zero attached hydrogens (tertiary/aromatic N) is 1. The number of aromatic amines is 1. The fourth-order valence-electron chi connectivity index (χ4n) is 1.57. The van der Waals surface area contributed by atoms with E-state index in [0.717, 1.165) is 5.56 Å². The van der Waals surface area contributed by atoms with Crippen molar-refractivity contribution in [1.82, 2.24) is 9.97 Å². The third-order valence-corrected chi connectivity index (χ3v) is 2.82. The molecular weight excluding hydrogens is 256 g/mol.